The Balaban J connectivity index is 2.26. The first-order chi connectivity index (χ1) is 10.0. The molecule has 0 spiro atoms. The third-order valence-corrected chi connectivity index (χ3v) is 3.39. The summed E-state index contributed by atoms with van der Waals surface area (Å²) in [5.41, 5.74) is 7.23. The summed E-state index contributed by atoms with van der Waals surface area (Å²) >= 11 is 3.36. The molecule has 0 saturated heterocycles. The summed E-state index contributed by atoms with van der Waals surface area (Å²) < 4.78 is 11.1. The molecule has 0 aliphatic heterocycles. The molecule has 0 atom stereocenters. The molecule has 110 valence electrons. The standard InChI is InChI=1S/C15H15BrN2O3/c1-20-13-5-3-9(7-11(13)17)15(19)18-12-8-10(16)4-6-14(12)21-2/h3-8H,17H2,1-2H3,(H,18,19). The monoisotopic (exact) mass is 350 g/mol. The predicted octanol–water partition coefficient (Wildman–Crippen LogP) is 3.30. The molecule has 6 heteroatoms. The van der Waals surface area contributed by atoms with Crippen LogP contribution in [0.3, 0.4) is 0 Å². The number of rotatable bonds is 4. The van der Waals surface area contributed by atoms with Crippen LogP contribution >= 0.6 is 15.9 Å². The number of carbonyl (C=O) groups is 1. The number of nitrogens with two attached hydrogens (primary N) is 1. The summed E-state index contributed by atoms with van der Waals surface area (Å²) in [6.07, 6.45) is 0. The van der Waals surface area contributed by atoms with Crippen LogP contribution in [-0.4, -0.2) is 20.1 Å². The minimum atomic E-state index is -0.277. The van der Waals surface area contributed by atoms with Gasteiger partial charge in [-0.05, 0) is 36.4 Å². The van der Waals surface area contributed by atoms with E-state index < -0.39 is 0 Å². The van der Waals surface area contributed by atoms with Crippen molar-refractivity contribution in [3.8, 4) is 11.5 Å². The quantitative estimate of drug-likeness (QED) is 0.829. The van der Waals surface area contributed by atoms with Crippen molar-refractivity contribution < 1.29 is 14.3 Å². The highest BCUT2D eigenvalue weighted by molar-refractivity contribution is 9.10. The zero-order chi connectivity index (χ0) is 15.4. The van der Waals surface area contributed by atoms with E-state index in [1.165, 1.54) is 7.11 Å². The summed E-state index contributed by atoms with van der Waals surface area (Å²) in [5, 5.41) is 2.79. The van der Waals surface area contributed by atoms with Gasteiger partial charge in [0.05, 0.1) is 25.6 Å². The summed E-state index contributed by atoms with van der Waals surface area (Å²) in [6.45, 7) is 0. The second kappa shape index (κ2) is 6.49. The molecule has 0 heterocycles. The first-order valence-electron chi connectivity index (χ1n) is 6.13. The van der Waals surface area contributed by atoms with Gasteiger partial charge >= 0.3 is 0 Å². The van der Waals surface area contributed by atoms with Crippen LogP contribution < -0.4 is 20.5 Å². The first kappa shape index (κ1) is 15.2. The van der Waals surface area contributed by atoms with Crippen molar-refractivity contribution in [1.82, 2.24) is 0 Å². The summed E-state index contributed by atoms with van der Waals surface area (Å²) in [6, 6.07) is 10.2. The van der Waals surface area contributed by atoms with E-state index in [0.717, 1.165) is 4.47 Å². The zero-order valence-corrected chi connectivity index (χ0v) is 13.2. The first-order valence-corrected chi connectivity index (χ1v) is 6.93. The van der Waals surface area contributed by atoms with Gasteiger partial charge in [-0.1, -0.05) is 15.9 Å². The van der Waals surface area contributed by atoms with E-state index in [4.69, 9.17) is 15.2 Å². The lowest BCUT2D eigenvalue weighted by molar-refractivity contribution is 0.102. The SMILES string of the molecule is COc1ccc(C(=O)Nc2cc(Br)ccc2OC)cc1N. The Hall–Kier alpha value is -2.21. The molecule has 0 aliphatic rings. The van der Waals surface area contributed by atoms with Crippen molar-refractivity contribution in [2.24, 2.45) is 0 Å². The van der Waals surface area contributed by atoms with E-state index in [0.29, 0.717) is 28.4 Å². The Kier molecular flexibility index (Phi) is 4.70. The van der Waals surface area contributed by atoms with Crippen molar-refractivity contribution >= 4 is 33.2 Å². The Bertz CT molecular complexity index is 674. The van der Waals surface area contributed by atoms with E-state index in [1.807, 2.05) is 6.07 Å². The third-order valence-electron chi connectivity index (χ3n) is 2.90. The van der Waals surface area contributed by atoms with Gasteiger partial charge in [0, 0.05) is 10.0 Å². The predicted molar refractivity (Wildman–Crippen MR) is 86.1 cm³/mol. The summed E-state index contributed by atoms with van der Waals surface area (Å²) in [7, 11) is 3.07. The molecule has 2 aromatic carbocycles. The Labute approximate surface area is 131 Å². The fourth-order valence-corrected chi connectivity index (χ4v) is 2.21. The summed E-state index contributed by atoms with van der Waals surface area (Å²) in [5.74, 6) is 0.834. The van der Waals surface area contributed by atoms with Gasteiger partial charge in [-0.3, -0.25) is 4.79 Å². The number of ether oxygens (including phenoxy) is 2. The van der Waals surface area contributed by atoms with Gasteiger partial charge in [0.2, 0.25) is 0 Å². The molecule has 0 unspecified atom stereocenters. The number of nitrogen functional groups attached to an aromatic ring is 1. The van der Waals surface area contributed by atoms with Crippen LogP contribution in [0.5, 0.6) is 11.5 Å². The normalized spacial score (nSPS) is 10.0. The maximum absolute atomic E-state index is 12.3. The molecule has 5 nitrogen and oxygen atoms in total. The van der Waals surface area contributed by atoms with E-state index >= 15 is 0 Å². The van der Waals surface area contributed by atoms with Crippen molar-refractivity contribution in [3.05, 3.63) is 46.4 Å². The van der Waals surface area contributed by atoms with Crippen LogP contribution in [0.2, 0.25) is 0 Å². The zero-order valence-electron chi connectivity index (χ0n) is 11.6. The molecule has 3 N–H and O–H groups in total. The molecule has 0 saturated carbocycles. The minimum absolute atomic E-state index is 0.277. The average Bonchev–Trinajstić information content (AvgIpc) is 2.47. The van der Waals surface area contributed by atoms with Crippen LogP contribution in [0.25, 0.3) is 0 Å². The fraction of sp³-hybridized carbons (Fsp3) is 0.133. The Morgan fingerprint density at radius 2 is 1.76 bits per heavy atom. The molecule has 21 heavy (non-hydrogen) atoms. The summed E-state index contributed by atoms with van der Waals surface area (Å²) in [4.78, 5) is 12.3. The number of methoxy groups -OCH3 is 2. The number of nitrogens with one attached hydrogen (secondary N) is 1. The van der Waals surface area contributed by atoms with Gasteiger partial charge in [0.1, 0.15) is 11.5 Å². The van der Waals surface area contributed by atoms with Gasteiger partial charge in [0.25, 0.3) is 5.91 Å². The lowest BCUT2D eigenvalue weighted by Crippen LogP contribution is -2.13. The van der Waals surface area contributed by atoms with E-state index in [9.17, 15) is 4.79 Å². The van der Waals surface area contributed by atoms with E-state index in [1.54, 1.807) is 37.4 Å². The van der Waals surface area contributed by atoms with Gasteiger partial charge in [-0.25, -0.2) is 0 Å². The second-order valence-corrected chi connectivity index (χ2v) is 5.17. The molecule has 0 aromatic heterocycles. The highest BCUT2D eigenvalue weighted by atomic mass is 79.9. The number of benzene rings is 2. The van der Waals surface area contributed by atoms with Crippen LogP contribution in [0.1, 0.15) is 10.4 Å². The van der Waals surface area contributed by atoms with Crippen LogP contribution in [0, 0.1) is 0 Å². The van der Waals surface area contributed by atoms with Crippen LogP contribution in [-0.2, 0) is 0 Å². The van der Waals surface area contributed by atoms with E-state index in [-0.39, 0.29) is 5.91 Å². The molecule has 0 aliphatic carbocycles. The van der Waals surface area contributed by atoms with Crippen LogP contribution in [0.15, 0.2) is 40.9 Å². The lowest BCUT2D eigenvalue weighted by Gasteiger charge is -2.11. The second-order valence-electron chi connectivity index (χ2n) is 4.26. The van der Waals surface area contributed by atoms with Gasteiger partial charge < -0.3 is 20.5 Å². The molecule has 0 radical (unpaired) electrons. The third kappa shape index (κ3) is 3.46. The smallest absolute Gasteiger partial charge is 0.255 e. The Morgan fingerprint density at radius 1 is 1.10 bits per heavy atom. The number of anilines is 2. The van der Waals surface area contributed by atoms with Crippen molar-refractivity contribution in [2.45, 2.75) is 0 Å². The largest absolute Gasteiger partial charge is 0.495 e. The van der Waals surface area contributed by atoms with E-state index in [2.05, 4.69) is 21.2 Å². The molecule has 0 bridgehead atoms. The number of carbonyl (C=O) groups excluding carboxylic acids is 1. The van der Waals surface area contributed by atoms with Gasteiger partial charge in [-0.15, -0.1) is 0 Å². The molecular weight excluding hydrogens is 336 g/mol. The fourth-order valence-electron chi connectivity index (χ4n) is 1.85. The maximum atomic E-state index is 12.3. The number of amides is 1. The lowest BCUT2D eigenvalue weighted by atomic mass is 10.1. The molecule has 0 fully saturated rings. The van der Waals surface area contributed by atoms with Crippen molar-refractivity contribution in [1.29, 1.82) is 0 Å². The Morgan fingerprint density at radius 3 is 2.38 bits per heavy atom. The number of hydrogen-bond acceptors (Lipinski definition) is 4. The van der Waals surface area contributed by atoms with Crippen LogP contribution in [0.4, 0.5) is 11.4 Å². The molecule has 2 rings (SSSR count). The average molecular weight is 351 g/mol. The van der Waals surface area contributed by atoms with Crippen molar-refractivity contribution in [3.63, 3.8) is 0 Å². The maximum Gasteiger partial charge on any atom is 0.255 e. The van der Waals surface area contributed by atoms with Gasteiger partial charge in [0.15, 0.2) is 0 Å². The number of hydrogen-bond donors (Lipinski definition) is 2. The topological polar surface area (TPSA) is 73.6 Å². The minimum Gasteiger partial charge on any atom is -0.495 e. The number of halogens is 1. The van der Waals surface area contributed by atoms with Crippen molar-refractivity contribution in [2.75, 3.05) is 25.3 Å². The molecular formula is C15H15BrN2O3. The van der Waals surface area contributed by atoms with Gasteiger partial charge in [-0.2, -0.15) is 0 Å². The highest BCUT2D eigenvalue weighted by Gasteiger charge is 2.12. The molecule has 2 aromatic rings. The molecule has 1 amide bonds. The highest BCUT2D eigenvalue weighted by Crippen LogP contribution is 2.29.